The van der Waals surface area contributed by atoms with Gasteiger partial charge in [0.05, 0.1) is 0 Å². The maximum atomic E-state index is 3.53. The highest BCUT2D eigenvalue weighted by molar-refractivity contribution is 7.99. The zero-order chi connectivity index (χ0) is 14.9. The third-order valence-corrected chi connectivity index (χ3v) is 4.76. The highest BCUT2D eigenvalue weighted by Crippen LogP contribution is 2.23. The lowest BCUT2D eigenvalue weighted by Gasteiger charge is -2.17. The summed E-state index contributed by atoms with van der Waals surface area (Å²) in [7, 11) is 0. The molecule has 0 radical (unpaired) electrons. The Morgan fingerprint density at radius 1 is 0.952 bits per heavy atom. The van der Waals surface area contributed by atoms with E-state index in [2.05, 4.69) is 66.5 Å². The van der Waals surface area contributed by atoms with Crippen LogP contribution in [-0.2, 0) is 0 Å². The van der Waals surface area contributed by atoms with Gasteiger partial charge in [-0.3, -0.25) is 0 Å². The van der Waals surface area contributed by atoms with E-state index in [1.54, 1.807) is 0 Å². The Morgan fingerprint density at radius 2 is 1.71 bits per heavy atom. The molecular weight excluding hydrogens is 276 g/mol. The van der Waals surface area contributed by atoms with Crippen molar-refractivity contribution in [1.29, 1.82) is 0 Å². The topological polar surface area (TPSA) is 15.3 Å². The highest BCUT2D eigenvalue weighted by atomic mass is 32.2. The number of nitrogens with zero attached hydrogens (tertiary/aromatic N) is 1. The monoisotopic (exact) mass is 302 g/mol. The first-order chi connectivity index (χ1) is 10.3. The van der Waals surface area contributed by atoms with Crippen LogP contribution in [0.3, 0.4) is 0 Å². The summed E-state index contributed by atoms with van der Waals surface area (Å²) in [6.45, 7) is 10.0. The number of hydrogen-bond donors (Lipinski definition) is 1. The SMILES string of the molecule is CCN(CC)CCNCCSc1ccc2ccccc2c1. The first-order valence-corrected chi connectivity index (χ1v) is 8.86. The van der Waals surface area contributed by atoms with E-state index in [0.29, 0.717) is 0 Å². The molecule has 114 valence electrons. The van der Waals surface area contributed by atoms with Gasteiger partial charge in [0, 0.05) is 30.3 Å². The second-order valence-electron chi connectivity index (χ2n) is 5.13. The zero-order valence-corrected chi connectivity index (χ0v) is 14.0. The Bertz CT molecular complexity index is 537. The molecule has 0 saturated carbocycles. The Balaban J connectivity index is 1.68. The number of rotatable bonds is 9. The molecule has 0 aliphatic heterocycles. The molecule has 0 aliphatic rings. The van der Waals surface area contributed by atoms with E-state index in [4.69, 9.17) is 0 Å². The van der Waals surface area contributed by atoms with Gasteiger partial charge in [0.1, 0.15) is 0 Å². The second kappa shape index (κ2) is 9.08. The van der Waals surface area contributed by atoms with Gasteiger partial charge in [-0.05, 0) is 36.0 Å². The molecule has 0 fully saturated rings. The van der Waals surface area contributed by atoms with Crippen LogP contribution in [0.1, 0.15) is 13.8 Å². The van der Waals surface area contributed by atoms with Gasteiger partial charge in [-0.25, -0.2) is 0 Å². The molecule has 1 N–H and O–H groups in total. The molecule has 0 atom stereocenters. The second-order valence-corrected chi connectivity index (χ2v) is 6.30. The van der Waals surface area contributed by atoms with Crippen LogP contribution in [0.2, 0.25) is 0 Å². The number of likely N-dealkylation sites (N-methyl/N-ethyl adjacent to an activating group) is 1. The number of thioether (sulfide) groups is 1. The molecule has 21 heavy (non-hydrogen) atoms. The van der Waals surface area contributed by atoms with E-state index < -0.39 is 0 Å². The van der Waals surface area contributed by atoms with E-state index >= 15 is 0 Å². The summed E-state index contributed by atoms with van der Waals surface area (Å²) in [4.78, 5) is 3.81. The first kappa shape index (κ1) is 16.3. The average Bonchev–Trinajstić information content (AvgIpc) is 2.54. The molecule has 2 aromatic carbocycles. The quantitative estimate of drug-likeness (QED) is 0.559. The Labute approximate surface area is 132 Å². The third-order valence-electron chi connectivity index (χ3n) is 3.77. The predicted octanol–water partition coefficient (Wildman–Crippen LogP) is 3.86. The van der Waals surface area contributed by atoms with Crippen LogP contribution in [0, 0.1) is 0 Å². The van der Waals surface area contributed by atoms with Gasteiger partial charge < -0.3 is 10.2 Å². The lowest BCUT2D eigenvalue weighted by Crippen LogP contribution is -2.32. The molecular formula is C18H26N2S. The van der Waals surface area contributed by atoms with Crippen molar-refractivity contribution in [2.24, 2.45) is 0 Å². The summed E-state index contributed by atoms with van der Waals surface area (Å²) in [5.74, 6) is 1.12. The van der Waals surface area contributed by atoms with E-state index in [-0.39, 0.29) is 0 Å². The van der Waals surface area contributed by atoms with Gasteiger partial charge in [0.2, 0.25) is 0 Å². The molecule has 0 aromatic heterocycles. The molecule has 0 spiro atoms. The average molecular weight is 302 g/mol. The van der Waals surface area contributed by atoms with Crippen molar-refractivity contribution in [2.75, 3.05) is 38.5 Å². The van der Waals surface area contributed by atoms with Crippen LogP contribution >= 0.6 is 11.8 Å². The van der Waals surface area contributed by atoms with Gasteiger partial charge in [0.15, 0.2) is 0 Å². The minimum Gasteiger partial charge on any atom is -0.315 e. The van der Waals surface area contributed by atoms with Gasteiger partial charge >= 0.3 is 0 Å². The fraction of sp³-hybridized carbons (Fsp3) is 0.444. The summed E-state index contributed by atoms with van der Waals surface area (Å²) < 4.78 is 0. The third kappa shape index (κ3) is 5.34. The van der Waals surface area contributed by atoms with Crippen molar-refractivity contribution in [2.45, 2.75) is 18.7 Å². The fourth-order valence-electron chi connectivity index (χ4n) is 2.40. The summed E-state index contributed by atoms with van der Waals surface area (Å²) >= 11 is 1.93. The van der Waals surface area contributed by atoms with Crippen LogP contribution in [0.4, 0.5) is 0 Å². The van der Waals surface area contributed by atoms with Gasteiger partial charge in [-0.2, -0.15) is 0 Å². The van der Waals surface area contributed by atoms with E-state index in [1.807, 2.05) is 11.8 Å². The molecule has 0 unspecified atom stereocenters. The van der Waals surface area contributed by atoms with Crippen molar-refractivity contribution in [3.63, 3.8) is 0 Å². The summed E-state index contributed by atoms with van der Waals surface area (Å²) in [6.07, 6.45) is 0. The van der Waals surface area contributed by atoms with Crippen LogP contribution in [0.5, 0.6) is 0 Å². The molecule has 0 amide bonds. The van der Waals surface area contributed by atoms with E-state index in [1.165, 1.54) is 15.7 Å². The minimum absolute atomic E-state index is 1.07. The smallest absolute Gasteiger partial charge is 0.0107 e. The standard InChI is InChI=1S/C18H26N2S/c1-3-20(4-2)13-11-19-12-14-21-18-10-9-16-7-5-6-8-17(16)15-18/h5-10,15,19H,3-4,11-14H2,1-2H3. The van der Waals surface area contributed by atoms with Gasteiger partial charge in [-0.1, -0.05) is 44.2 Å². The van der Waals surface area contributed by atoms with Crippen LogP contribution in [0.15, 0.2) is 47.4 Å². The van der Waals surface area contributed by atoms with Crippen molar-refractivity contribution >= 4 is 22.5 Å². The van der Waals surface area contributed by atoms with Gasteiger partial charge in [-0.15, -0.1) is 11.8 Å². The molecule has 2 aromatic rings. The predicted molar refractivity (Wildman–Crippen MR) is 95.3 cm³/mol. The van der Waals surface area contributed by atoms with Crippen molar-refractivity contribution in [1.82, 2.24) is 10.2 Å². The maximum Gasteiger partial charge on any atom is 0.0107 e. The molecule has 0 aliphatic carbocycles. The summed E-state index contributed by atoms with van der Waals surface area (Å²) in [5, 5.41) is 6.18. The molecule has 2 nitrogen and oxygen atoms in total. The van der Waals surface area contributed by atoms with E-state index in [0.717, 1.165) is 38.5 Å². The first-order valence-electron chi connectivity index (χ1n) is 7.88. The number of nitrogens with one attached hydrogen (secondary N) is 1. The largest absolute Gasteiger partial charge is 0.315 e. The Hall–Kier alpha value is -1.03. The number of benzene rings is 2. The molecule has 2 rings (SSSR count). The highest BCUT2D eigenvalue weighted by Gasteiger charge is 1.99. The summed E-state index contributed by atoms with van der Waals surface area (Å²) in [6, 6.07) is 15.3. The number of fused-ring (bicyclic) bond motifs is 1. The lowest BCUT2D eigenvalue weighted by atomic mass is 10.1. The van der Waals surface area contributed by atoms with Crippen molar-refractivity contribution in [3.05, 3.63) is 42.5 Å². The van der Waals surface area contributed by atoms with Crippen molar-refractivity contribution in [3.8, 4) is 0 Å². The Kier molecular flexibility index (Phi) is 7.07. The molecule has 0 heterocycles. The lowest BCUT2D eigenvalue weighted by molar-refractivity contribution is 0.303. The van der Waals surface area contributed by atoms with Crippen molar-refractivity contribution < 1.29 is 0 Å². The number of hydrogen-bond acceptors (Lipinski definition) is 3. The minimum atomic E-state index is 1.07. The summed E-state index contributed by atoms with van der Waals surface area (Å²) in [5.41, 5.74) is 0. The van der Waals surface area contributed by atoms with Crippen LogP contribution in [0.25, 0.3) is 10.8 Å². The molecule has 0 saturated heterocycles. The Morgan fingerprint density at radius 3 is 2.48 bits per heavy atom. The van der Waals surface area contributed by atoms with Crippen LogP contribution in [-0.4, -0.2) is 43.4 Å². The zero-order valence-electron chi connectivity index (χ0n) is 13.1. The maximum absolute atomic E-state index is 3.53. The fourth-order valence-corrected chi connectivity index (χ4v) is 3.26. The normalized spacial score (nSPS) is 11.4. The molecule has 0 bridgehead atoms. The van der Waals surface area contributed by atoms with E-state index in [9.17, 15) is 0 Å². The van der Waals surface area contributed by atoms with Gasteiger partial charge in [0.25, 0.3) is 0 Å². The van der Waals surface area contributed by atoms with Crippen LogP contribution < -0.4 is 5.32 Å². The molecule has 3 heteroatoms.